The highest BCUT2D eigenvalue weighted by molar-refractivity contribution is 6.01. The van der Waals surface area contributed by atoms with Gasteiger partial charge in [0, 0.05) is 19.2 Å². The summed E-state index contributed by atoms with van der Waals surface area (Å²) in [4.78, 5) is 26.2. The zero-order chi connectivity index (χ0) is 14.0. The molecule has 1 aromatic carbocycles. The van der Waals surface area contributed by atoms with Crippen molar-refractivity contribution in [1.82, 2.24) is 9.80 Å². The fraction of sp³-hybridized carbons (Fsp3) is 0.385. The van der Waals surface area contributed by atoms with Gasteiger partial charge in [0.05, 0.1) is 13.7 Å². The van der Waals surface area contributed by atoms with Gasteiger partial charge in [0.2, 0.25) is 0 Å². The molecule has 0 unspecified atom stereocenters. The molecule has 1 saturated heterocycles. The Balaban J connectivity index is 2.27. The Kier molecular flexibility index (Phi) is 3.71. The van der Waals surface area contributed by atoms with E-state index in [0.29, 0.717) is 12.3 Å². The highest BCUT2D eigenvalue weighted by Crippen LogP contribution is 2.23. The van der Waals surface area contributed by atoms with Gasteiger partial charge in [-0.3, -0.25) is 9.69 Å². The summed E-state index contributed by atoms with van der Waals surface area (Å²) >= 11 is 0. The van der Waals surface area contributed by atoms with Gasteiger partial charge >= 0.3 is 6.03 Å². The van der Waals surface area contributed by atoms with Crippen molar-refractivity contribution in [3.8, 4) is 5.75 Å². The fourth-order valence-corrected chi connectivity index (χ4v) is 2.08. The Morgan fingerprint density at radius 3 is 2.63 bits per heavy atom. The van der Waals surface area contributed by atoms with Gasteiger partial charge in [0.25, 0.3) is 5.91 Å². The summed E-state index contributed by atoms with van der Waals surface area (Å²) in [5.74, 6) is 0.444. The lowest BCUT2D eigenvalue weighted by Gasteiger charge is -2.17. The Morgan fingerprint density at radius 1 is 1.37 bits per heavy atom. The lowest BCUT2D eigenvalue weighted by atomic mass is 10.1. The van der Waals surface area contributed by atoms with Gasteiger partial charge in [-0.2, -0.15) is 0 Å². The minimum Gasteiger partial charge on any atom is -0.496 e. The number of methoxy groups -OCH3 is 1. The van der Waals surface area contributed by atoms with Crippen LogP contribution in [0.15, 0.2) is 18.2 Å². The molecule has 2 N–H and O–H groups in total. The van der Waals surface area contributed by atoms with Crippen LogP contribution in [-0.2, 0) is 17.9 Å². The van der Waals surface area contributed by atoms with Crippen LogP contribution in [0.1, 0.15) is 11.1 Å². The average Bonchev–Trinajstić information content (AvgIpc) is 2.65. The molecule has 2 rings (SSSR count). The molecule has 0 aliphatic carbocycles. The van der Waals surface area contributed by atoms with Gasteiger partial charge in [0.15, 0.2) is 0 Å². The third-order valence-corrected chi connectivity index (χ3v) is 3.14. The number of likely N-dealkylation sites (N-methyl/N-ethyl adjacent to an activating group) is 1. The summed E-state index contributed by atoms with van der Waals surface area (Å²) in [5, 5.41) is 0. The van der Waals surface area contributed by atoms with Gasteiger partial charge in [-0.15, -0.1) is 0 Å². The maximum Gasteiger partial charge on any atom is 0.327 e. The quantitative estimate of drug-likeness (QED) is 0.805. The summed E-state index contributed by atoms with van der Waals surface area (Å²) < 4.78 is 5.25. The highest BCUT2D eigenvalue weighted by atomic mass is 16.5. The fourth-order valence-electron chi connectivity index (χ4n) is 2.08. The first-order chi connectivity index (χ1) is 9.06. The molecule has 0 saturated carbocycles. The second kappa shape index (κ2) is 5.27. The van der Waals surface area contributed by atoms with Crippen molar-refractivity contribution in [1.29, 1.82) is 0 Å². The summed E-state index contributed by atoms with van der Waals surface area (Å²) in [6, 6.07) is 5.23. The zero-order valence-electron chi connectivity index (χ0n) is 11.0. The Labute approximate surface area is 111 Å². The molecule has 1 aliphatic heterocycles. The number of rotatable bonds is 4. The van der Waals surface area contributed by atoms with E-state index < -0.39 is 0 Å². The van der Waals surface area contributed by atoms with Gasteiger partial charge in [-0.1, -0.05) is 6.07 Å². The van der Waals surface area contributed by atoms with Crippen molar-refractivity contribution in [2.45, 2.75) is 13.1 Å². The third kappa shape index (κ3) is 2.53. The molecular formula is C13H17N3O3. The number of imide groups is 1. The summed E-state index contributed by atoms with van der Waals surface area (Å²) in [6.07, 6.45) is 0. The van der Waals surface area contributed by atoms with E-state index in [1.165, 1.54) is 9.80 Å². The second-order valence-electron chi connectivity index (χ2n) is 4.47. The van der Waals surface area contributed by atoms with E-state index in [1.807, 2.05) is 12.1 Å². The van der Waals surface area contributed by atoms with E-state index in [4.69, 9.17) is 10.5 Å². The van der Waals surface area contributed by atoms with Crippen LogP contribution in [0.3, 0.4) is 0 Å². The Bertz CT molecular complexity index is 516. The van der Waals surface area contributed by atoms with Crippen molar-refractivity contribution in [3.63, 3.8) is 0 Å². The van der Waals surface area contributed by atoms with E-state index in [9.17, 15) is 9.59 Å². The second-order valence-corrected chi connectivity index (χ2v) is 4.47. The van der Waals surface area contributed by atoms with E-state index >= 15 is 0 Å². The van der Waals surface area contributed by atoms with E-state index in [0.717, 1.165) is 11.1 Å². The molecule has 102 valence electrons. The van der Waals surface area contributed by atoms with Crippen LogP contribution in [0.4, 0.5) is 4.79 Å². The Morgan fingerprint density at radius 2 is 2.11 bits per heavy atom. The first kappa shape index (κ1) is 13.4. The minimum absolute atomic E-state index is 0.123. The van der Waals surface area contributed by atoms with Crippen molar-refractivity contribution in [2.24, 2.45) is 5.73 Å². The van der Waals surface area contributed by atoms with Crippen molar-refractivity contribution in [3.05, 3.63) is 29.3 Å². The number of benzene rings is 1. The van der Waals surface area contributed by atoms with Crippen molar-refractivity contribution >= 4 is 11.9 Å². The summed E-state index contributed by atoms with van der Waals surface area (Å²) in [5.41, 5.74) is 7.31. The lowest BCUT2D eigenvalue weighted by molar-refractivity contribution is -0.125. The average molecular weight is 263 g/mol. The van der Waals surface area contributed by atoms with Crippen LogP contribution >= 0.6 is 0 Å². The predicted octanol–water partition coefficient (Wildman–Crippen LogP) is 0.548. The van der Waals surface area contributed by atoms with Crippen LogP contribution in [0.2, 0.25) is 0 Å². The molecule has 0 bridgehead atoms. The number of ether oxygens (including phenoxy) is 1. The number of urea groups is 1. The molecule has 1 heterocycles. The summed E-state index contributed by atoms with van der Waals surface area (Å²) in [6.45, 7) is 0.732. The maximum absolute atomic E-state index is 11.8. The topological polar surface area (TPSA) is 75.9 Å². The SMILES string of the molecule is COc1ccc(CN)cc1CN1C(=O)CN(C)C1=O. The number of nitrogens with two attached hydrogens (primary N) is 1. The van der Waals surface area contributed by atoms with Crippen LogP contribution < -0.4 is 10.5 Å². The lowest BCUT2D eigenvalue weighted by Crippen LogP contribution is -2.31. The highest BCUT2D eigenvalue weighted by Gasteiger charge is 2.33. The molecule has 1 fully saturated rings. The molecule has 0 radical (unpaired) electrons. The van der Waals surface area contributed by atoms with Crippen molar-refractivity contribution in [2.75, 3.05) is 20.7 Å². The molecular weight excluding hydrogens is 246 g/mol. The molecule has 6 heteroatoms. The van der Waals surface area contributed by atoms with Crippen LogP contribution in [-0.4, -0.2) is 42.4 Å². The van der Waals surface area contributed by atoms with Gasteiger partial charge < -0.3 is 15.4 Å². The first-order valence-corrected chi connectivity index (χ1v) is 5.98. The zero-order valence-corrected chi connectivity index (χ0v) is 11.0. The monoisotopic (exact) mass is 263 g/mol. The Hall–Kier alpha value is -2.08. The number of amides is 3. The molecule has 19 heavy (non-hydrogen) atoms. The first-order valence-electron chi connectivity index (χ1n) is 5.98. The van der Waals surface area contributed by atoms with Crippen LogP contribution in [0.25, 0.3) is 0 Å². The maximum atomic E-state index is 11.8. The third-order valence-electron chi connectivity index (χ3n) is 3.14. The minimum atomic E-state index is -0.287. The molecule has 6 nitrogen and oxygen atoms in total. The molecule has 0 aromatic heterocycles. The number of carbonyl (C=O) groups is 2. The van der Waals surface area contributed by atoms with Crippen molar-refractivity contribution < 1.29 is 14.3 Å². The molecule has 1 aromatic rings. The smallest absolute Gasteiger partial charge is 0.327 e. The van der Waals surface area contributed by atoms with Crippen LogP contribution in [0, 0.1) is 0 Å². The van der Waals surface area contributed by atoms with E-state index in [2.05, 4.69) is 0 Å². The van der Waals surface area contributed by atoms with Crippen LogP contribution in [0.5, 0.6) is 5.75 Å². The number of nitrogens with zero attached hydrogens (tertiary/aromatic N) is 2. The van der Waals surface area contributed by atoms with Gasteiger partial charge in [0.1, 0.15) is 12.3 Å². The summed E-state index contributed by atoms with van der Waals surface area (Å²) in [7, 11) is 3.16. The number of hydrogen-bond donors (Lipinski definition) is 1. The predicted molar refractivity (Wildman–Crippen MR) is 69.5 cm³/mol. The van der Waals surface area contributed by atoms with Gasteiger partial charge in [-0.05, 0) is 17.7 Å². The molecule has 0 atom stereocenters. The standard InChI is InChI=1S/C13H17N3O3/c1-15-8-12(17)16(13(15)18)7-10-5-9(6-14)3-4-11(10)19-2/h3-5H,6-8,14H2,1-2H3. The molecule has 0 spiro atoms. The van der Waals surface area contributed by atoms with E-state index in [-0.39, 0.29) is 25.0 Å². The number of hydrogen-bond acceptors (Lipinski definition) is 4. The normalized spacial score (nSPS) is 15.3. The number of carbonyl (C=O) groups excluding carboxylic acids is 2. The molecule has 1 aliphatic rings. The largest absolute Gasteiger partial charge is 0.496 e. The molecule has 3 amide bonds. The van der Waals surface area contributed by atoms with Gasteiger partial charge in [-0.25, -0.2) is 4.79 Å². The van der Waals surface area contributed by atoms with E-state index in [1.54, 1.807) is 20.2 Å².